The van der Waals surface area contributed by atoms with E-state index in [0.29, 0.717) is 18.8 Å². The van der Waals surface area contributed by atoms with E-state index in [2.05, 4.69) is 16.4 Å². The van der Waals surface area contributed by atoms with Crippen LogP contribution >= 0.6 is 0 Å². The molecule has 2 aliphatic rings. The van der Waals surface area contributed by atoms with Gasteiger partial charge in [-0.05, 0) is 62.3 Å². The fourth-order valence-electron chi connectivity index (χ4n) is 3.93. The van der Waals surface area contributed by atoms with Crippen LogP contribution in [0.25, 0.3) is 0 Å². The average molecular weight is 375 g/mol. The molecular formula is C23H25N3O2. The van der Waals surface area contributed by atoms with Crippen LogP contribution in [0.5, 0.6) is 0 Å². The van der Waals surface area contributed by atoms with Gasteiger partial charge in [-0.1, -0.05) is 35.9 Å². The molecule has 0 spiro atoms. The molecule has 0 fully saturated rings. The molecule has 0 unspecified atom stereocenters. The second-order valence-corrected chi connectivity index (χ2v) is 7.36. The molecule has 0 saturated heterocycles. The van der Waals surface area contributed by atoms with Gasteiger partial charge in [0.05, 0.1) is 0 Å². The largest absolute Gasteiger partial charge is 0.350 e. The molecule has 0 bridgehead atoms. The van der Waals surface area contributed by atoms with E-state index >= 15 is 0 Å². The molecule has 28 heavy (non-hydrogen) atoms. The fourth-order valence-corrected chi connectivity index (χ4v) is 3.93. The zero-order chi connectivity index (χ0) is 19.3. The third-order valence-electron chi connectivity index (χ3n) is 5.45. The van der Waals surface area contributed by atoms with Gasteiger partial charge in [0.2, 0.25) is 0 Å². The first-order valence-corrected chi connectivity index (χ1v) is 10.1. The Hall–Kier alpha value is -2.95. The van der Waals surface area contributed by atoms with Gasteiger partial charge >= 0.3 is 0 Å². The summed E-state index contributed by atoms with van der Waals surface area (Å²) in [5.74, 6) is -0.389. The molecule has 1 aliphatic carbocycles. The predicted molar refractivity (Wildman–Crippen MR) is 110 cm³/mol. The van der Waals surface area contributed by atoms with Crippen LogP contribution < -0.4 is 10.2 Å². The maximum atomic E-state index is 12.9. The van der Waals surface area contributed by atoms with E-state index in [1.54, 1.807) is 23.1 Å². The second kappa shape index (κ2) is 8.38. The van der Waals surface area contributed by atoms with Crippen LogP contribution in [-0.4, -0.2) is 29.9 Å². The van der Waals surface area contributed by atoms with Crippen LogP contribution in [0.2, 0.25) is 0 Å². The van der Waals surface area contributed by atoms with Crippen molar-refractivity contribution in [2.45, 2.75) is 38.5 Å². The smallest absolute Gasteiger partial charge is 0.276 e. The topological polar surface area (TPSA) is 62.3 Å². The van der Waals surface area contributed by atoms with E-state index < -0.39 is 0 Å². The summed E-state index contributed by atoms with van der Waals surface area (Å²) in [7, 11) is 0. The average Bonchev–Trinajstić information content (AvgIpc) is 3.18. The van der Waals surface area contributed by atoms with Crippen molar-refractivity contribution in [3.05, 3.63) is 71.1 Å². The van der Waals surface area contributed by atoms with Crippen molar-refractivity contribution in [1.82, 2.24) is 10.3 Å². The van der Waals surface area contributed by atoms with Crippen molar-refractivity contribution in [3.8, 4) is 0 Å². The van der Waals surface area contributed by atoms with E-state index in [1.807, 2.05) is 24.3 Å². The molecule has 0 radical (unpaired) electrons. The first kappa shape index (κ1) is 18.4. The summed E-state index contributed by atoms with van der Waals surface area (Å²) >= 11 is 0. The summed E-state index contributed by atoms with van der Waals surface area (Å²) in [6.07, 6.45) is 8.81. The molecule has 0 saturated carbocycles. The molecule has 2 aromatic rings. The van der Waals surface area contributed by atoms with E-state index in [1.165, 1.54) is 24.0 Å². The predicted octanol–water partition coefficient (Wildman–Crippen LogP) is 3.90. The number of nitrogens with one attached hydrogen (secondary N) is 1. The van der Waals surface area contributed by atoms with Crippen LogP contribution in [0.1, 0.15) is 58.6 Å². The summed E-state index contributed by atoms with van der Waals surface area (Å²) in [4.78, 5) is 31.5. The van der Waals surface area contributed by atoms with Gasteiger partial charge in [0.1, 0.15) is 11.4 Å². The minimum Gasteiger partial charge on any atom is -0.350 e. The van der Waals surface area contributed by atoms with Gasteiger partial charge in [-0.2, -0.15) is 0 Å². The second-order valence-electron chi connectivity index (χ2n) is 7.36. The van der Waals surface area contributed by atoms with Crippen molar-refractivity contribution in [3.63, 3.8) is 0 Å². The Morgan fingerprint density at radius 2 is 1.86 bits per heavy atom. The van der Waals surface area contributed by atoms with E-state index in [-0.39, 0.29) is 17.5 Å². The number of anilines is 1. The molecule has 2 amide bonds. The normalized spacial score (nSPS) is 15.7. The van der Waals surface area contributed by atoms with Gasteiger partial charge in [-0.25, -0.2) is 4.98 Å². The Morgan fingerprint density at radius 3 is 2.71 bits per heavy atom. The molecule has 0 atom stereocenters. The van der Waals surface area contributed by atoms with Crippen LogP contribution in [0.3, 0.4) is 0 Å². The standard InChI is InChI=1S/C23H25N3O2/c27-22(24-15-13-17-7-2-1-3-8-17)19-10-6-11-20(25-19)23(28)26-16-14-18-9-4-5-12-21(18)26/h4-7,9-12H,1-3,8,13-16H2,(H,24,27). The van der Waals surface area contributed by atoms with Crippen LogP contribution in [0.4, 0.5) is 5.69 Å². The molecule has 5 heteroatoms. The van der Waals surface area contributed by atoms with Crippen LogP contribution in [0, 0.1) is 0 Å². The van der Waals surface area contributed by atoms with Gasteiger partial charge in [0, 0.05) is 18.8 Å². The number of nitrogens with zero attached hydrogens (tertiary/aromatic N) is 2. The van der Waals surface area contributed by atoms with Crippen molar-refractivity contribution in [2.24, 2.45) is 0 Å². The van der Waals surface area contributed by atoms with Crippen LogP contribution in [-0.2, 0) is 6.42 Å². The Morgan fingerprint density at radius 1 is 1.00 bits per heavy atom. The third kappa shape index (κ3) is 3.98. The van der Waals surface area contributed by atoms with Crippen molar-refractivity contribution < 1.29 is 9.59 Å². The number of aromatic nitrogens is 1. The number of fused-ring (bicyclic) bond motifs is 1. The molecule has 1 aromatic heterocycles. The minimum atomic E-state index is -0.229. The van der Waals surface area contributed by atoms with Gasteiger partial charge in [-0.3, -0.25) is 9.59 Å². The summed E-state index contributed by atoms with van der Waals surface area (Å²) in [6, 6.07) is 13.0. The summed E-state index contributed by atoms with van der Waals surface area (Å²) < 4.78 is 0. The fraction of sp³-hybridized carbons (Fsp3) is 0.348. The summed E-state index contributed by atoms with van der Waals surface area (Å²) in [5, 5.41) is 2.93. The lowest BCUT2D eigenvalue weighted by Crippen LogP contribution is -2.31. The number of benzene rings is 1. The van der Waals surface area contributed by atoms with E-state index in [0.717, 1.165) is 31.4 Å². The van der Waals surface area contributed by atoms with E-state index in [4.69, 9.17) is 0 Å². The highest BCUT2D eigenvalue weighted by Gasteiger charge is 2.26. The first-order chi connectivity index (χ1) is 13.7. The zero-order valence-electron chi connectivity index (χ0n) is 16.0. The molecule has 4 rings (SSSR count). The molecule has 1 aromatic carbocycles. The molecule has 5 nitrogen and oxygen atoms in total. The number of hydrogen-bond donors (Lipinski definition) is 1. The summed E-state index contributed by atoms with van der Waals surface area (Å²) in [6.45, 7) is 1.25. The Bertz CT molecular complexity index is 920. The number of para-hydroxylation sites is 1. The highest BCUT2D eigenvalue weighted by molar-refractivity contribution is 6.06. The quantitative estimate of drug-likeness (QED) is 0.806. The molecular weight excluding hydrogens is 350 g/mol. The number of allylic oxidation sites excluding steroid dienone is 1. The third-order valence-corrected chi connectivity index (χ3v) is 5.45. The van der Waals surface area contributed by atoms with Gasteiger partial charge in [0.25, 0.3) is 11.8 Å². The number of pyridine rings is 1. The maximum absolute atomic E-state index is 12.9. The molecule has 1 N–H and O–H groups in total. The van der Waals surface area contributed by atoms with Gasteiger partial charge in [0.15, 0.2) is 0 Å². The van der Waals surface area contributed by atoms with Crippen LogP contribution in [0.15, 0.2) is 54.1 Å². The lowest BCUT2D eigenvalue weighted by atomic mass is 9.97. The van der Waals surface area contributed by atoms with E-state index in [9.17, 15) is 9.59 Å². The Labute approximate surface area is 165 Å². The zero-order valence-corrected chi connectivity index (χ0v) is 16.0. The van der Waals surface area contributed by atoms with Gasteiger partial charge in [-0.15, -0.1) is 0 Å². The lowest BCUT2D eigenvalue weighted by Gasteiger charge is -2.17. The SMILES string of the molecule is O=C(NCCC1=CCCCC1)c1cccc(C(=O)N2CCc3ccccc32)n1. The molecule has 2 heterocycles. The number of carbonyl (C=O) groups is 2. The Kier molecular flexibility index (Phi) is 5.51. The molecule has 1 aliphatic heterocycles. The van der Waals surface area contributed by atoms with Crippen molar-refractivity contribution in [1.29, 1.82) is 0 Å². The number of hydrogen-bond acceptors (Lipinski definition) is 3. The highest BCUT2D eigenvalue weighted by Crippen LogP contribution is 2.28. The lowest BCUT2D eigenvalue weighted by molar-refractivity contribution is 0.0948. The van der Waals surface area contributed by atoms with Gasteiger partial charge < -0.3 is 10.2 Å². The van der Waals surface area contributed by atoms with Crippen molar-refractivity contribution >= 4 is 17.5 Å². The number of rotatable bonds is 5. The van der Waals surface area contributed by atoms with Crippen molar-refractivity contribution in [2.75, 3.05) is 18.0 Å². The minimum absolute atomic E-state index is 0.160. The maximum Gasteiger partial charge on any atom is 0.276 e. The molecule has 144 valence electrons. The summed E-state index contributed by atoms with van der Waals surface area (Å²) in [5.41, 5.74) is 4.12. The first-order valence-electron chi connectivity index (χ1n) is 10.1. The number of carbonyl (C=O) groups excluding carboxylic acids is 2. The monoisotopic (exact) mass is 375 g/mol. The Balaban J connectivity index is 1.40. The number of amides is 2. The highest BCUT2D eigenvalue weighted by atomic mass is 16.2.